The summed E-state index contributed by atoms with van der Waals surface area (Å²) in [7, 11) is 0. The molecular formula is C12H13F3N4O2. The van der Waals surface area contributed by atoms with E-state index in [2.05, 4.69) is 5.53 Å². The van der Waals surface area contributed by atoms with Gasteiger partial charge in [-0.05, 0) is 31.2 Å². The Balaban J connectivity index is 1.99. The highest BCUT2D eigenvalue weighted by Crippen LogP contribution is 2.30. The summed E-state index contributed by atoms with van der Waals surface area (Å²) in [6.45, 7) is 1.47. The number of benzene rings is 1. The van der Waals surface area contributed by atoms with E-state index in [-0.39, 0.29) is 0 Å². The first-order chi connectivity index (χ1) is 9.77. The molecule has 1 aromatic rings. The van der Waals surface area contributed by atoms with E-state index in [9.17, 15) is 18.0 Å². The number of nitrogens with one attached hydrogen (secondary N) is 1. The molecule has 2 rings (SSSR count). The normalized spacial score (nSPS) is 16.4. The summed E-state index contributed by atoms with van der Waals surface area (Å²) < 4.78 is 37.4. The third-order valence-electron chi connectivity index (χ3n) is 2.70. The van der Waals surface area contributed by atoms with Crippen LogP contribution in [0.15, 0.2) is 36.7 Å². The van der Waals surface area contributed by atoms with Gasteiger partial charge in [-0.15, -0.1) is 5.53 Å². The molecule has 0 saturated carbocycles. The van der Waals surface area contributed by atoms with E-state index in [1.165, 1.54) is 36.5 Å². The lowest BCUT2D eigenvalue weighted by atomic mass is 10.2. The van der Waals surface area contributed by atoms with Crippen molar-refractivity contribution in [3.63, 3.8) is 0 Å². The molecule has 0 bridgehead atoms. The molecule has 1 heterocycles. The van der Waals surface area contributed by atoms with Gasteiger partial charge in [0.2, 0.25) is 5.91 Å². The number of nitrogens with zero attached hydrogens (tertiary/aromatic N) is 2. The molecule has 1 atom stereocenters. The molecule has 0 aliphatic carbocycles. The molecule has 0 spiro atoms. The number of alkyl halides is 3. The Morgan fingerprint density at radius 2 is 1.90 bits per heavy atom. The van der Waals surface area contributed by atoms with Crippen LogP contribution in [0, 0.1) is 0 Å². The lowest BCUT2D eigenvalue weighted by Crippen LogP contribution is -2.43. The van der Waals surface area contributed by atoms with Crippen LogP contribution in [0.1, 0.15) is 12.5 Å². The van der Waals surface area contributed by atoms with E-state index in [1.54, 1.807) is 0 Å². The largest absolute Gasteiger partial charge is 0.416 e. The average Bonchev–Trinajstić information content (AvgIpc) is 2.86. The SMILES string of the molecule is CC(ON1C=CN(c2ccc(C(F)(F)F)cc2)N1)C(N)=O. The van der Waals surface area contributed by atoms with Crippen LogP contribution in [0.4, 0.5) is 18.9 Å². The molecule has 0 aromatic heterocycles. The van der Waals surface area contributed by atoms with E-state index >= 15 is 0 Å². The average molecular weight is 302 g/mol. The van der Waals surface area contributed by atoms with E-state index in [1.807, 2.05) is 0 Å². The standard InChI is InChI=1S/C12H13F3N4O2/c1-8(11(16)20)21-19-7-6-18(17-19)10-4-2-9(3-5-10)12(13,14)15/h2-8,17H,1H3,(H2,16,20). The molecule has 9 heteroatoms. The number of hydrazine groups is 2. The number of anilines is 1. The highest BCUT2D eigenvalue weighted by Gasteiger charge is 2.30. The smallest absolute Gasteiger partial charge is 0.367 e. The van der Waals surface area contributed by atoms with Crippen LogP contribution in [-0.4, -0.2) is 17.2 Å². The lowest BCUT2D eigenvalue weighted by molar-refractivity contribution is -0.189. The first-order valence-corrected chi connectivity index (χ1v) is 5.94. The summed E-state index contributed by atoms with van der Waals surface area (Å²) in [5.41, 5.74) is 7.49. The first kappa shape index (κ1) is 15.1. The number of halogens is 3. The molecule has 0 radical (unpaired) electrons. The van der Waals surface area contributed by atoms with Crippen LogP contribution in [0.2, 0.25) is 0 Å². The Hall–Kier alpha value is -2.26. The maximum absolute atomic E-state index is 12.5. The van der Waals surface area contributed by atoms with Gasteiger partial charge in [0, 0.05) is 6.20 Å². The zero-order chi connectivity index (χ0) is 15.6. The van der Waals surface area contributed by atoms with Gasteiger partial charge in [-0.1, -0.05) is 0 Å². The minimum atomic E-state index is -4.38. The second-order valence-corrected chi connectivity index (χ2v) is 4.29. The third kappa shape index (κ3) is 3.64. The predicted molar refractivity (Wildman–Crippen MR) is 67.8 cm³/mol. The van der Waals surface area contributed by atoms with Crippen LogP contribution in [0.3, 0.4) is 0 Å². The van der Waals surface area contributed by atoms with Gasteiger partial charge in [-0.25, -0.2) is 4.84 Å². The molecule has 1 amide bonds. The quantitative estimate of drug-likeness (QED) is 0.882. The summed E-state index contributed by atoms with van der Waals surface area (Å²) >= 11 is 0. The molecule has 3 N–H and O–H groups in total. The molecule has 114 valence electrons. The van der Waals surface area contributed by atoms with Crippen molar-refractivity contribution in [3.8, 4) is 0 Å². The number of hydrogen-bond acceptors (Lipinski definition) is 5. The van der Waals surface area contributed by atoms with Crippen LogP contribution in [0.5, 0.6) is 0 Å². The van der Waals surface area contributed by atoms with Crippen LogP contribution < -0.4 is 16.3 Å². The van der Waals surface area contributed by atoms with Gasteiger partial charge < -0.3 is 5.73 Å². The number of carbonyl (C=O) groups excluding carboxylic acids is 1. The van der Waals surface area contributed by atoms with Crippen LogP contribution in [-0.2, 0) is 15.8 Å². The van der Waals surface area contributed by atoms with Gasteiger partial charge in [-0.3, -0.25) is 9.80 Å². The molecule has 0 saturated heterocycles. The number of rotatable bonds is 4. The van der Waals surface area contributed by atoms with E-state index < -0.39 is 23.8 Å². The molecule has 1 aliphatic rings. The number of hydrogen-bond donors (Lipinski definition) is 2. The van der Waals surface area contributed by atoms with Crippen molar-refractivity contribution in [1.82, 2.24) is 10.7 Å². The monoisotopic (exact) mass is 302 g/mol. The van der Waals surface area contributed by atoms with Crippen LogP contribution >= 0.6 is 0 Å². The highest BCUT2D eigenvalue weighted by atomic mass is 19.4. The van der Waals surface area contributed by atoms with Gasteiger partial charge in [0.1, 0.15) is 0 Å². The predicted octanol–water partition coefficient (Wildman–Crippen LogP) is 1.52. The summed E-state index contributed by atoms with van der Waals surface area (Å²) in [5.74, 6) is -0.641. The number of amides is 1. The Bertz CT molecular complexity index is 544. The lowest BCUT2D eigenvalue weighted by Gasteiger charge is -2.23. The number of hydroxylamine groups is 1. The summed E-state index contributed by atoms with van der Waals surface area (Å²) in [6, 6.07) is 4.56. The molecule has 1 aliphatic heterocycles. The Morgan fingerprint density at radius 1 is 1.29 bits per heavy atom. The topological polar surface area (TPSA) is 70.8 Å². The van der Waals surface area contributed by atoms with Crippen molar-refractivity contribution in [3.05, 3.63) is 42.2 Å². The van der Waals surface area contributed by atoms with E-state index in [0.717, 1.165) is 17.3 Å². The third-order valence-corrected chi connectivity index (χ3v) is 2.70. The molecular weight excluding hydrogens is 289 g/mol. The molecule has 1 unspecified atom stereocenters. The van der Waals surface area contributed by atoms with Gasteiger partial charge >= 0.3 is 6.18 Å². The molecule has 21 heavy (non-hydrogen) atoms. The van der Waals surface area contributed by atoms with E-state index in [4.69, 9.17) is 10.6 Å². The fourth-order valence-corrected chi connectivity index (χ4v) is 1.54. The highest BCUT2D eigenvalue weighted by molar-refractivity contribution is 5.78. The first-order valence-electron chi connectivity index (χ1n) is 5.94. The Morgan fingerprint density at radius 3 is 2.43 bits per heavy atom. The summed E-state index contributed by atoms with van der Waals surface area (Å²) in [6.07, 6.45) is -2.25. The van der Waals surface area contributed by atoms with Crippen molar-refractivity contribution in [2.45, 2.75) is 19.2 Å². The number of primary amides is 1. The zero-order valence-corrected chi connectivity index (χ0v) is 11.0. The summed E-state index contributed by atoms with van der Waals surface area (Å²) in [5, 5.41) is 2.56. The molecule has 0 fully saturated rings. The van der Waals surface area contributed by atoms with Crippen molar-refractivity contribution in [1.29, 1.82) is 0 Å². The van der Waals surface area contributed by atoms with Gasteiger partial charge in [0.05, 0.1) is 17.5 Å². The van der Waals surface area contributed by atoms with Crippen molar-refractivity contribution in [2.24, 2.45) is 5.73 Å². The van der Waals surface area contributed by atoms with Crippen molar-refractivity contribution in [2.75, 3.05) is 5.01 Å². The van der Waals surface area contributed by atoms with Crippen LogP contribution in [0.25, 0.3) is 0 Å². The maximum Gasteiger partial charge on any atom is 0.416 e. The molecule has 1 aromatic carbocycles. The van der Waals surface area contributed by atoms with E-state index in [0.29, 0.717) is 5.69 Å². The fourth-order valence-electron chi connectivity index (χ4n) is 1.54. The second-order valence-electron chi connectivity index (χ2n) is 4.29. The minimum Gasteiger partial charge on any atom is -0.367 e. The zero-order valence-electron chi connectivity index (χ0n) is 11.0. The molecule has 6 nitrogen and oxygen atoms in total. The van der Waals surface area contributed by atoms with Crippen molar-refractivity contribution >= 4 is 11.6 Å². The van der Waals surface area contributed by atoms with Gasteiger partial charge in [-0.2, -0.15) is 18.3 Å². The second kappa shape index (κ2) is 5.62. The maximum atomic E-state index is 12.5. The van der Waals surface area contributed by atoms with Crippen molar-refractivity contribution < 1.29 is 22.8 Å². The van der Waals surface area contributed by atoms with Gasteiger partial charge in [0.15, 0.2) is 6.10 Å². The Kier molecular flexibility index (Phi) is 4.05. The number of carbonyl (C=O) groups is 1. The fraction of sp³-hybridized carbons (Fsp3) is 0.250. The number of nitrogens with two attached hydrogens (primary N) is 1. The summed E-state index contributed by atoms with van der Waals surface area (Å²) in [4.78, 5) is 16.0. The Labute approximate surface area is 118 Å². The minimum absolute atomic E-state index is 0.470. The van der Waals surface area contributed by atoms with Gasteiger partial charge in [0.25, 0.3) is 0 Å².